The van der Waals surface area contributed by atoms with E-state index < -0.39 is 0 Å². The second-order valence-electron chi connectivity index (χ2n) is 4.35. The number of rotatable bonds is 4. The van der Waals surface area contributed by atoms with Crippen LogP contribution in [0.4, 0.5) is 0 Å². The van der Waals surface area contributed by atoms with Crippen molar-refractivity contribution in [3.63, 3.8) is 0 Å². The van der Waals surface area contributed by atoms with Crippen molar-refractivity contribution in [2.75, 3.05) is 13.2 Å². The molecule has 0 aromatic carbocycles. The van der Waals surface area contributed by atoms with Gasteiger partial charge in [-0.15, -0.1) is 0 Å². The number of ether oxygens (including phenoxy) is 1. The van der Waals surface area contributed by atoms with Crippen molar-refractivity contribution in [1.29, 1.82) is 0 Å². The number of amides is 1. The fourth-order valence-corrected chi connectivity index (χ4v) is 1.54. The molecule has 4 nitrogen and oxygen atoms in total. The fraction of sp³-hybridized carbons (Fsp3) is 0.900. The van der Waals surface area contributed by atoms with Gasteiger partial charge in [-0.2, -0.15) is 0 Å². The van der Waals surface area contributed by atoms with E-state index >= 15 is 0 Å². The van der Waals surface area contributed by atoms with E-state index in [1.165, 1.54) is 0 Å². The molecule has 0 aliphatic carbocycles. The third-order valence-electron chi connectivity index (χ3n) is 2.42. The zero-order valence-corrected chi connectivity index (χ0v) is 8.88. The number of aliphatic hydroxyl groups is 1. The van der Waals surface area contributed by atoms with Crippen LogP contribution in [0.15, 0.2) is 0 Å². The smallest absolute Gasteiger partial charge is 0.249 e. The molecule has 1 unspecified atom stereocenters. The molecular formula is C10H19NO3. The number of hydrogen-bond donors (Lipinski definition) is 2. The standard InChI is InChI=1S/C10H19NO3/c1-10(2,5-6-12)11-9(13)8-4-3-7-14-8/h8,12H,3-7H2,1-2H3,(H,11,13). The van der Waals surface area contributed by atoms with Gasteiger partial charge in [0.25, 0.3) is 0 Å². The summed E-state index contributed by atoms with van der Waals surface area (Å²) in [5.74, 6) is -0.0547. The van der Waals surface area contributed by atoms with Crippen molar-refractivity contribution in [1.82, 2.24) is 5.32 Å². The predicted molar refractivity (Wildman–Crippen MR) is 52.9 cm³/mol. The van der Waals surface area contributed by atoms with Crippen LogP contribution in [0.5, 0.6) is 0 Å². The molecule has 1 aliphatic rings. The summed E-state index contributed by atoms with van der Waals surface area (Å²) in [7, 11) is 0. The summed E-state index contributed by atoms with van der Waals surface area (Å²) in [5.41, 5.74) is -0.349. The van der Waals surface area contributed by atoms with Gasteiger partial charge < -0.3 is 15.2 Å². The van der Waals surface area contributed by atoms with E-state index in [0.29, 0.717) is 13.0 Å². The topological polar surface area (TPSA) is 58.6 Å². The molecule has 0 saturated carbocycles. The molecule has 82 valence electrons. The Balaban J connectivity index is 2.38. The molecule has 0 aromatic heterocycles. The van der Waals surface area contributed by atoms with Gasteiger partial charge in [-0.05, 0) is 33.1 Å². The molecule has 1 aliphatic heterocycles. The first-order valence-electron chi connectivity index (χ1n) is 5.10. The number of nitrogens with one attached hydrogen (secondary N) is 1. The van der Waals surface area contributed by atoms with Crippen LogP contribution in [0.2, 0.25) is 0 Å². The highest BCUT2D eigenvalue weighted by Gasteiger charge is 2.28. The maximum Gasteiger partial charge on any atom is 0.249 e. The highest BCUT2D eigenvalue weighted by atomic mass is 16.5. The summed E-state index contributed by atoms with van der Waals surface area (Å²) in [6.07, 6.45) is 2.04. The Morgan fingerprint density at radius 2 is 2.36 bits per heavy atom. The van der Waals surface area contributed by atoms with Gasteiger partial charge in [0.2, 0.25) is 5.91 Å². The molecule has 1 atom stereocenters. The molecule has 1 fully saturated rings. The minimum absolute atomic E-state index is 0.0547. The quantitative estimate of drug-likeness (QED) is 0.694. The van der Waals surface area contributed by atoms with E-state index in [1.807, 2.05) is 13.8 Å². The van der Waals surface area contributed by atoms with Crippen LogP contribution in [0, 0.1) is 0 Å². The maximum absolute atomic E-state index is 11.6. The van der Waals surface area contributed by atoms with Crippen LogP contribution in [-0.2, 0) is 9.53 Å². The first-order chi connectivity index (χ1) is 6.55. The number of carbonyl (C=O) groups is 1. The Hall–Kier alpha value is -0.610. The Kier molecular flexibility index (Phi) is 3.89. The lowest BCUT2D eigenvalue weighted by atomic mass is 10.0. The second-order valence-corrected chi connectivity index (χ2v) is 4.35. The lowest BCUT2D eigenvalue weighted by Gasteiger charge is -2.26. The monoisotopic (exact) mass is 201 g/mol. The van der Waals surface area contributed by atoms with Gasteiger partial charge in [0, 0.05) is 18.8 Å². The Morgan fingerprint density at radius 1 is 1.64 bits per heavy atom. The average molecular weight is 201 g/mol. The zero-order chi connectivity index (χ0) is 10.6. The van der Waals surface area contributed by atoms with Gasteiger partial charge in [0.15, 0.2) is 0 Å². The van der Waals surface area contributed by atoms with Crippen molar-refractivity contribution >= 4 is 5.91 Å². The first kappa shape index (κ1) is 11.5. The largest absolute Gasteiger partial charge is 0.396 e. The van der Waals surface area contributed by atoms with E-state index in [1.54, 1.807) is 0 Å². The van der Waals surface area contributed by atoms with Gasteiger partial charge in [-0.25, -0.2) is 0 Å². The van der Waals surface area contributed by atoms with Gasteiger partial charge >= 0.3 is 0 Å². The van der Waals surface area contributed by atoms with Gasteiger partial charge in [0.05, 0.1) is 0 Å². The molecule has 4 heteroatoms. The highest BCUT2D eigenvalue weighted by molar-refractivity contribution is 5.81. The first-order valence-corrected chi connectivity index (χ1v) is 5.10. The van der Waals surface area contributed by atoms with Crippen molar-refractivity contribution in [3.05, 3.63) is 0 Å². The van der Waals surface area contributed by atoms with Crippen molar-refractivity contribution in [2.45, 2.75) is 44.8 Å². The zero-order valence-electron chi connectivity index (χ0n) is 8.88. The van der Waals surface area contributed by atoms with Crippen LogP contribution < -0.4 is 5.32 Å². The SMILES string of the molecule is CC(C)(CCO)NC(=O)C1CCCO1. The normalized spacial score (nSPS) is 22.4. The maximum atomic E-state index is 11.6. The lowest BCUT2D eigenvalue weighted by Crippen LogP contribution is -2.48. The molecule has 14 heavy (non-hydrogen) atoms. The summed E-state index contributed by atoms with van der Waals surface area (Å²) in [6.45, 7) is 4.56. The molecule has 1 heterocycles. The molecule has 0 aromatic rings. The number of aliphatic hydroxyl groups excluding tert-OH is 1. The van der Waals surface area contributed by atoms with Crippen molar-refractivity contribution in [3.8, 4) is 0 Å². The number of hydrogen-bond acceptors (Lipinski definition) is 3. The Bertz CT molecular complexity index is 198. The molecule has 1 amide bonds. The van der Waals surface area contributed by atoms with Crippen LogP contribution in [0.1, 0.15) is 33.1 Å². The highest BCUT2D eigenvalue weighted by Crippen LogP contribution is 2.14. The second kappa shape index (κ2) is 4.75. The van der Waals surface area contributed by atoms with E-state index in [4.69, 9.17) is 9.84 Å². The Morgan fingerprint density at radius 3 is 2.86 bits per heavy atom. The molecule has 0 radical (unpaired) electrons. The molecule has 1 rings (SSSR count). The number of carbonyl (C=O) groups excluding carboxylic acids is 1. The summed E-state index contributed by atoms with van der Waals surface area (Å²) in [6, 6.07) is 0. The van der Waals surface area contributed by atoms with E-state index in [2.05, 4.69) is 5.32 Å². The van der Waals surface area contributed by atoms with Crippen molar-refractivity contribution in [2.24, 2.45) is 0 Å². The molecular weight excluding hydrogens is 182 g/mol. The third kappa shape index (κ3) is 3.27. The molecule has 0 bridgehead atoms. The molecule has 2 N–H and O–H groups in total. The summed E-state index contributed by atoms with van der Waals surface area (Å²) in [5, 5.41) is 11.7. The summed E-state index contributed by atoms with van der Waals surface area (Å²) >= 11 is 0. The van der Waals surface area contributed by atoms with Crippen molar-refractivity contribution < 1.29 is 14.6 Å². The average Bonchev–Trinajstić information content (AvgIpc) is 2.53. The summed E-state index contributed by atoms with van der Waals surface area (Å²) < 4.78 is 5.26. The lowest BCUT2D eigenvalue weighted by molar-refractivity contribution is -0.131. The molecule has 0 spiro atoms. The van der Waals surface area contributed by atoms with E-state index in [-0.39, 0.29) is 24.2 Å². The minimum Gasteiger partial charge on any atom is -0.396 e. The van der Waals surface area contributed by atoms with Gasteiger partial charge in [-0.1, -0.05) is 0 Å². The predicted octanol–water partition coefficient (Wildman–Crippen LogP) is 0.443. The van der Waals surface area contributed by atoms with Gasteiger partial charge in [0.1, 0.15) is 6.10 Å². The summed E-state index contributed by atoms with van der Waals surface area (Å²) in [4.78, 5) is 11.6. The van der Waals surface area contributed by atoms with E-state index in [9.17, 15) is 4.79 Å². The van der Waals surface area contributed by atoms with Crippen LogP contribution >= 0.6 is 0 Å². The molecule has 1 saturated heterocycles. The fourth-order valence-electron chi connectivity index (χ4n) is 1.54. The minimum atomic E-state index is -0.349. The van der Waals surface area contributed by atoms with Crippen LogP contribution in [0.3, 0.4) is 0 Å². The third-order valence-corrected chi connectivity index (χ3v) is 2.42. The van der Waals surface area contributed by atoms with Crippen LogP contribution in [0.25, 0.3) is 0 Å². The van der Waals surface area contributed by atoms with Crippen LogP contribution in [-0.4, -0.2) is 35.9 Å². The van der Waals surface area contributed by atoms with E-state index in [0.717, 1.165) is 12.8 Å². The Labute approximate surface area is 84.6 Å². The van der Waals surface area contributed by atoms with Gasteiger partial charge in [-0.3, -0.25) is 4.79 Å².